The first-order chi connectivity index (χ1) is 6.77. The number of nitrogens with one attached hydrogen (secondary N) is 1. The summed E-state index contributed by atoms with van der Waals surface area (Å²) in [6.45, 7) is 6.56. The third kappa shape index (κ3) is 1.88. The molecule has 0 saturated carbocycles. The molecule has 1 heterocycles. The third-order valence-corrected chi connectivity index (χ3v) is 2.87. The maximum absolute atomic E-state index is 3.36. The molecular formula is C13H17N. The minimum Gasteiger partial charge on any atom is -0.313 e. The molecule has 1 N–H and O–H groups in total. The standard InChI is InChI=1S/C13H17N/c1-10-4-3-5-11(2)13(10)8-12-6-7-14-9-12/h3-5,8,14H,6-7,9H2,1-2H3/b12-8-. The van der Waals surface area contributed by atoms with Crippen molar-refractivity contribution in [1.82, 2.24) is 5.32 Å². The Bertz CT molecular complexity index is 335. The minimum atomic E-state index is 1.06. The van der Waals surface area contributed by atoms with Crippen molar-refractivity contribution in [2.45, 2.75) is 20.3 Å². The van der Waals surface area contributed by atoms with E-state index in [4.69, 9.17) is 0 Å². The zero-order chi connectivity index (χ0) is 9.97. The van der Waals surface area contributed by atoms with Crippen molar-refractivity contribution in [3.05, 3.63) is 40.5 Å². The molecule has 1 saturated heterocycles. The molecular weight excluding hydrogens is 170 g/mol. The van der Waals surface area contributed by atoms with Crippen molar-refractivity contribution in [1.29, 1.82) is 0 Å². The molecule has 1 aliphatic heterocycles. The maximum Gasteiger partial charge on any atom is 0.0168 e. The fourth-order valence-corrected chi connectivity index (χ4v) is 1.97. The number of hydrogen-bond donors (Lipinski definition) is 1. The summed E-state index contributed by atoms with van der Waals surface area (Å²) in [7, 11) is 0. The molecule has 0 radical (unpaired) electrons. The molecule has 0 unspecified atom stereocenters. The van der Waals surface area contributed by atoms with Gasteiger partial charge < -0.3 is 5.32 Å². The lowest BCUT2D eigenvalue weighted by Crippen LogP contribution is -2.04. The molecule has 0 amide bonds. The van der Waals surface area contributed by atoms with Gasteiger partial charge in [0.25, 0.3) is 0 Å². The summed E-state index contributed by atoms with van der Waals surface area (Å²) in [5, 5.41) is 3.36. The lowest BCUT2D eigenvalue weighted by Gasteiger charge is -2.05. The van der Waals surface area contributed by atoms with Gasteiger partial charge >= 0.3 is 0 Å². The maximum atomic E-state index is 3.36. The predicted molar refractivity (Wildman–Crippen MR) is 61.4 cm³/mol. The van der Waals surface area contributed by atoms with Crippen molar-refractivity contribution in [2.75, 3.05) is 13.1 Å². The topological polar surface area (TPSA) is 12.0 Å². The lowest BCUT2D eigenvalue weighted by atomic mass is 10.0. The zero-order valence-electron chi connectivity index (χ0n) is 8.93. The SMILES string of the molecule is Cc1cccc(C)c1/C=C1/CCNC1. The predicted octanol–water partition coefficient (Wildman–Crippen LogP) is 2.68. The van der Waals surface area contributed by atoms with Crippen LogP contribution in [0.2, 0.25) is 0 Å². The summed E-state index contributed by atoms with van der Waals surface area (Å²) >= 11 is 0. The second kappa shape index (κ2) is 3.97. The van der Waals surface area contributed by atoms with Gasteiger partial charge in [0.15, 0.2) is 0 Å². The molecule has 1 nitrogen and oxygen atoms in total. The highest BCUT2D eigenvalue weighted by Crippen LogP contribution is 2.19. The molecule has 1 aliphatic rings. The summed E-state index contributed by atoms with van der Waals surface area (Å²) in [4.78, 5) is 0. The second-order valence-corrected chi connectivity index (χ2v) is 4.03. The highest BCUT2D eigenvalue weighted by molar-refractivity contribution is 5.60. The van der Waals surface area contributed by atoms with E-state index in [0.29, 0.717) is 0 Å². The van der Waals surface area contributed by atoms with Crippen LogP contribution in [0.4, 0.5) is 0 Å². The third-order valence-electron chi connectivity index (χ3n) is 2.87. The molecule has 1 heteroatoms. The Kier molecular flexibility index (Phi) is 2.69. The van der Waals surface area contributed by atoms with E-state index >= 15 is 0 Å². The van der Waals surface area contributed by atoms with Crippen molar-refractivity contribution in [3.63, 3.8) is 0 Å². The lowest BCUT2D eigenvalue weighted by molar-refractivity contribution is 0.862. The summed E-state index contributed by atoms with van der Waals surface area (Å²) in [6, 6.07) is 6.49. The average molecular weight is 187 g/mol. The van der Waals surface area contributed by atoms with Gasteiger partial charge in [-0.2, -0.15) is 0 Å². The fraction of sp³-hybridized carbons (Fsp3) is 0.385. The molecule has 0 aromatic heterocycles. The normalized spacial score (nSPS) is 19.1. The molecule has 0 bridgehead atoms. The van der Waals surface area contributed by atoms with Crippen LogP contribution < -0.4 is 5.32 Å². The smallest absolute Gasteiger partial charge is 0.0168 e. The van der Waals surface area contributed by atoms with Crippen molar-refractivity contribution in [2.24, 2.45) is 0 Å². The molecule has 0 atom stereocenters. The van der Waals surface area contributed by atoms with Gasteiger partial charge in [0, 0.05) is 6.54 Å². The Morgan fingerprint density at radius 2 is 1.93 bits per heavy atom. The Morgan fingerprint density at radius 1 is 1.21 bits per heavy atom. The molecule has 74 valence electrons. The molecule has 1 aromatic carbocycles. The van der Waals surface area contributed by atoms with Crippen LogP contribution >= 0.6 is 0 Å². The van der Waals surface area contributed by atoms with Crippen molar-refractivity contribution >= 4 is 6.08 Å². The van der Waals surface area contributed by atoms with E-state index in [9.17, 15) is 0 Å². The Hall–Kier alpha value is -1.08. The number of benzene rings is 1. The van der Waals surface area contributed by atoms with Gasteiger partial charge in [-0.25, -0.2) is 0 Å². The fourth-order valence-electron chi connectivity index (χ4n) is 1.97. The number of aryl methyl sites for hydroxylation is 2. The van der Waals surface area contributed by atoms with E-state index in [1.54, 1.807) is 0 Å². The quantitative estimate of drug-likeness (QED) is 0.712. The summed E-state index contributed by atoms with van der Waals surface area (Å²) in [6.07, 6.45) is 3.55. The molecule has 1 aromatic rings. The van der Waals surface area contributed by atoms with Crippen LogP contribution in [0.15, 0.2) is 23.8 Å². The monoisotopic (exact) mass is 187 g/mol. The van der Waals surface area contributed by atoms with E-state index in [1.165, 1.54) is 28.7 Å². The van der Waals surface area contributed by atoms with Gasteiger partial charge in [-0.3, -0.25) is 0 Å². The highest BCUT2D eigenvalue weighted by atomic mass is 14.9. The van der Waals surface area contributed by atoms with Crippen LogP contribution in [0.1, 0.15) is 23.1 Å². The first-order valence-electron chi connectivity index (χ1n) is 5.24. The van der Waals surface area contributed by atoms with Gasteiger partial charge in [0.05, 0.1) is 0 Å². The first-order valence-corrected chi connectivity index (χ1v) is 5.24. The second-order valence-electron chi connectivity index (χ2n) is 4.03. The van der Waals surface area contributed by atoms with Crippen LogP contribution in [0.25, 0.3) is 6.08 Å². The molecule has 0 spiro atoms. The van der Waals surface area contributed by atoms with E-state index < -0.39 is 0 Å². The van der Waals surface area contributed by atoms with E-state index in [1.807, 2.05) is 0 Å². The van der Waals surface area contributed by atoms with Gasteiger partial charge in [-0.05, 0) is 43.5 Å². The van der Waals surface area contributed by atoms with Crippen LogP contribution in [0, 0.1) is 13.8 Å². The molecule has 14 heavy (non-hydrogen) atoms. The largest absolute Gasteiger partial charge is 0.313 e. The molecule has 0 aliphatic carbocycles. The van der Waals surface area contributed by atoms with Crippen LogP contribution in [-0.4, -0.2) is 13.1 Å². The van der Waals surface area contributed by atoms with E-state index in [-0.39, 0.29) is 0 Å². The number of rotatable bonds is 1. The molecule has 1 fully saturated rings. The van der Waals surface area contributed by atoms with Gasteiger partial charge in [0.1, 0.15) is 0 Å². The van der Waals surface area contributed by atoms with Crippen LogP contribution in [-0.2, 0) is 0 Å². The Morgan fingerprint density at radius 3 is 2.50 bits per heavy atom. The Balaban J connectivity index is 2.36. The van der Waals surface area contributed by atoms with Crippen molar-refractivity contribution < 1.29 is 0 Å². The highest BCUT2D eigenvalue weighted by Gasteiger charge is 2.06. The van der Waals surface area contributed by atoms with E-state index in [0.717, 1.165) is 13.1 Å². The van der Waals surface area contributed by atoms with E-state index in [2.05, 4.69) is 43.4 Å². The first kappa shape index (κ1) is 9.47. The van der Waals surface area contributed by atoms with Gasteiger partial charge in [-0.15, -0.1) is 0 Å². The number of hydrogen-bond acceptors (Lipinski definition) is 1. The van der Waals surface area contributed by atoms with Gasteiger partial charge in [0.2, 0.25) is 0 Å². The van der Waals surface area contributed by atoms with Crippen LogP contribution in [0.5, 0.6) is 0 Å². The van der Waals surface area contributed by atoms with Crippen molar-refractivity contribution in [3.8, 4) is 0 Å². The van der Waals surface area contributed by atoms with Crippen LogP contribution in [0.3, 0.4) is 0 Å². The summed E-state index contributed by atoms with van der Waals surface area (Å²) < 4.78 is 0. The van der Waals surface area contributed by atoms with Gasteiger partial charge in [-0.1, -0.05) is 29.8 Å². The zero-order valence-corrected chi connectivity index (χ0v) is 8.93. The summed E-state index contributed by atoms with van der Waals surface area (Å²) in [5.41, 5.74) is 5.70. The molecule has 2 rings (SSSR count). The summed E-state index contributed by atoms with van der Waals surface area (Å²) in [5.74, 6) is 0. The Labute approximate surface area is 85.8 Å². The minimum absolute atomic E-state index is 1.06. The average Bonchev–Trinajstić information content (AvgIpc) is 2.64.